The Morgan fingerprint density at radius 2 is 2.00 bits per heavy atom. The van der Waals surface area contributed by atoms with E-state index >= 15 is 0 Å². The average molecular weight is 317 g/mol. The molecule has 0 bridgehead atoms. The van der Waals surface area contributed by atoms with Crippen molar-refractivity contribution in [3.05, 3.63) is 41.2 Å². The number of benzene rings is 1. The van der Waals surface area contributed by atoms with Crippen LogP contribution in [0.1, 0.15) is 12.5 Å². The topological polar surface area (TPSA) is 79.6 Å². The third-order valence-corrected chi connectivity index (χ3v) is 2.57. The smallest absolute Gasteiger partial charge is 0.512 e. The van der Waals surface area contributed by atoms with Gasteiger partial charge in [-0.3, -0.25) is 0 Å². The van der Waals surface area contributed by atoms with Gasteiger partial charge in [-0.25, -0.2) is 4.79 Å². The fourth-order valence-corrected chi connectivity index (χ4v) is 1.74. The van der Waals surface area contributed by atoms with Crippen LogP contribution in [-0.2, 0) is 16.0 Å². The van der Waals surface area contributed by atoms with Gasteiger partial charge in [0.25, 0.3) is 0 Å². The van der Waals surface area contributed by atoms with Gasteiger partial charge in [0.2, 0.25) is 0 Å². The Balaban J connectivity index is 2.95. The van der Waals surface area contributed by atoms with E-state index in [-0.39, 0.29) is 17.7 Å². The zero-order chi connectivity index (χ0) is 16.9. The third kappa shape index (κ3) is 5.12. The number of aliphatic hydroxyl groups is 1. The fourth-order valence-electron chi connectivity index (χ4n) is 1.74. The van der Waals surface area contributed by atoms with Crippen LogP contribution in [0.25, 0.3) is 0 Å². The van der Waals surface area contributed by atoms with Gasteiger partial charge in [-0.15, -0.1) is 13.2 Å². The lowest BCUT2D eigenvalue weighted by atomic mass is 10.0. The maximum atomic E-state index is 12.2. The first-order chi connectivity index (χ1) is 10.1. The number of halogens is 3. The normalized spacial score (nSPS) is 12.4. The fraction of sp³-hybridized carbons (Fsp3) is 0.286. The summed E-state index contributed by atoms with van der Waals surface area (Å²) in [7, 11) is 1.09. The Morgan fingerprint density at radius 3 is 2.50 bits per heavy atom. The molecule has 0 aliphatic heterocycles. The van der Waals surface area contributed by atoms with Crippen LogP contribution in [0.3, 0.4) is 0 Å². The van der Waals surface area contributed by atoms with Gasteiger partial charge >= 0.3 is 12.3 Å². The number of allylic oxidation sites excluding steroid dienone is 1. The molecule has 0 saturated heterocycles. The second-order valence-corrected chi connectivity index (χ2v) is 4.30. The molecule has 0 aliphatic carbocycles. The molecule has 0 amide bonds. The Hall–Kier alpha value is -2.51. The van der Waals surface area contributed by atoms with Crippen LogP contribution in [0.5, 0.6) is 5.75 Å². The van der Waals surface area contributed by atoms with Gasteiger partial charge in [0, 0.05) is 6.42 Å². The third-order valence-electron chi connectivity index (χ3n) is 2.57. The molecule has 1 aromatic rings. The molecule has 1 rings (SSSR count). The molecule has 0 heterocycles. The van der Waals surface area contributed by atoms with Crippen LogP contribution in [0, 0.1) is 5.41 Å². The number of carbonyl (C=O) groups is 1. The maximum absolute atomic E-state index is 12.2. The highest BCUT2D eigenvalue weighted by Crippen LogP contribution is 2.24. The van der Waals surface area contributed by atoms with E-state index in [1.165, 1.54) is 19.1 Å². The van der Waals surface area contributed by atoms with E-state index in [0.29, 0.717) is 5.56 Å². The molecule has 0 unspecified atom stereocenters. The zero-order valence-electron chi connectivity index (χ0n) is 11.8. The number of hydrogen-bond donors (Lipinski definition) is 2. The largest absolute Gasteiger partial charge is 0.573 e. The summed E-state index contributed by atoms with van der Waals surface area (Å²) in [4.78, 5) is 11.5. The molecule has 0 saturated carbocycles. The summed E-state index contributed by atoms with van der Waals surface area (Å²) < 4.78 is 44.7. The van der Waals surface area contributed by atoms with Crippen molar-refractivity contribution in [1.82, 2.24) is 0 Å². The van der Waals surface area contributed by atoms with E-state index in [4.69, 9.17) is 5.41 Å². The molecule has 22 heavy (non-hydrogen) atoms. The minimum atomic E-state index is -4.81. The van der Waals surface area contributed by atoms with E-state index in [1.807, 2.05) is 0 Å². The Labute approximate surface area is 124 Å². The summed E-state index contributed by atoms with van der Waals surface area (Å²) in [6.07, 6.45) is -4.98. The van der Waals surface area contributed by atoms with Crippen LogP contribution < -0.4 is 4.74 Å². The lowest BCUT2D eigenvalue weighted by molar-refractivity contribution is -0.274. The van der Waals surface area contributed by atoms with Crippen molar-refractivity contribution >= 4 is 11.7 Å². The standard InChI is InChI=1S/C14H14F3NO4/c1-8(19)12(13(20)21-2)11(18)7-9-4-3-5-10(6-9)22-14(15,16)17/h3-6,18-19H,7H2,1-2H3. The Bertz CT molecular complexity index is 604. The molecular formula is C14H14F3NO4. The van der Waals surface area contributed by atoms with E-state index in [9.17, 15) is 23.1 Å². The number of rotatable bonds is 5. The molecular weight excluding hydrogens is 303 g/mol. The quantitative estimate of drug-likeness (QED) is 0.378. The first-order valence-corrected chi connectivity index (χ1v) is 6.04. The second-order valence-electron chi connectivity index (χ2n) is 4.30. The van der Waals surface area contributed by atoms with Gasteiger partial charge in [-0.1, -0.05) is 12.1 Å². The predicted octanol–water partition coefficient (Wildman–Crippen LogP) is 3.15. The molecule has 0 aromatic heterocycles. The number of ether oxygens (including phenoxy) is 2. The highest BCUT2D eigenvalue weighted by Gasteiger charge is 2.31. The van der Waals surface area contributed by atoms with E-state index in [1.54, 1.807) is 0 Å². The zero-order valence-corrected chi connectivity index (χ0v) is 11.8. The highest BCUT2D eigenvalue weighted by atomic mass is 19.4. The van der Waals surface area contributed by atoms with Gasteiger partial charge in [-0.05, 0) is 24.6 Å². The van der Waals surface area contributed by atoms with Gasteiger partial charge in [0.15, 0.2) is 0 Å². The number of esters is 1. The lowest BCUT2D eigenvalue weighted by Crippen LogP contribution is -2.18. The predicted molar refractivity (Wildman–Crippen MR) is 71.9 cm³/mol. The molecule has 120 valence electrons. The Morgan fingerprint density at radius 1 is 1.36 bits per heavy atom. The Kier molecular flexibility index (Phi) is 5.56. The van der Waals surface area contributed by atoms with E-state index < -0.39 is 23.8 Å². The minimum absolute atomic E-state index is 0.169. The van der Waals surface area contributed by atoms with Crippen LogP contribution >= 0.6 is 0 Å². The first-order valence-electron chi connectivity index (χ1n) is 6.04. The molecule has 0 fully saturated rings. The van der Waals surface area contributed by atoms with Gasteiger partial charge in [0.05, 0.1) is 12.8 Å². The van der Waals surface area contributed by atoms with Crippen LogP contribution in [0.2, 0.25) is 0 Å². The highest BCUT2D eigenvalue weighted by molar-refractivity contribution is 6.19. The number of methoxy groups -OCH3 is 1. The summed E-state index contributed by atoms with van der Waals surface area (Å²) in [5.41, 5.74) is -0.296. The van der Waals surface area contributed by atoms with E-state index in [0.717, 1.165) is 19.2 Å². The number of nitrogens with one attached hydrogen (secondary N) is 1. The number of carbonyl (C=O) groups excluding carboxylic acids is 1. The summed E-state index contributed by atoms with van der Waals surface area (Å²) in [6, 6.07) is 5.02. The van der Waals surface area contributed by atoms with Gasteiger partial charge in [-0.2, -0.15) is 0 Å². The summed E-state index contributed by atoms with van der Waals surface area (Å²) in [6.45, 7) is 1.21. The van der Waals surface area contributed by atoms with Crippen molar-refractivity contribution in [2.24, 2.45) is 0 Å². The van der Waals surface area contributed by atoms with Crippen molar-refractivity contribution in [1.29, 1.82) is 5.41 Å². The molecule has 1 aromatic carbocycles. The van der Waals surface area contributed by atoms with Crippen LogP contribution in [-0.4, -0.2) is 30.3 Å². The van der Waals surface area contributed by atoms with Gasteiger partial charge < -0.3 is 20.0 Å². The summed E-state index contributed by atoms with van der Waals surface area (Å²) >= 11 is 0. The summed E-state index contributed by atoms with van der Waals surface area (Å²) in [5.74, 6) is -1.73. The van der Waals surface area contributed by atoms with Crippen molar-refractivity contribution < 1.29 is 32.5 Å². The van der Waals surface area contributed by atoms with Gasteiger partial charge in [0.1, 0.15) is 17.1 Å². The molecule has 5 nitrogen and oxygen atoms in total. The average Bonchev–Trinajstić information content (AvgIpc) is 2.36. The summed E-state index contributed by atoms with van der Waals surface area (Å²) in [5, 5.41) is 17.3. The maximum Gasteiger partial charge on any atom is 0.573 e. The monoisotopic (exact) mass is 317 g/mol. The van der Waals surface area contributed by atoms with Crippen molar-refractivity contribution in [3.8, 4) is 5.75 Å². The molecule has 0 spiro atoms. The SMILES string of the molecule is COC(=O)C(C(=N)Cc1cccc(OC(F)(F)F)c1)=C(C)O. The minimum Gasteiger partial charge on any atom is -0.512 e. The van der Waals surface area contributed by atoms with Crippen LogP contribution in [0.15, 0.2) is 35.6 Å². The van der Waals surface area contributed by atoms with Crippen molar-refractivity contribution in [3.63, 3.8) is 0 Å². The molecule has 8 heteroatoms. The number of aliphatic hydroxyl groups excluding tert-OH is 1. The first kappa shape index (κ1) is 17.5. The van der Waals surface area contributed by atoms with E-state index in [2.05, 4.69) is 9.47 Å². The molecule has 0 radical (unpaired) electrons. The molecule has 0 atom stereocenters. The van der Waals surface area contributed by atoms with Crippen molar-refractivity contribution in [2.45, 2.75) is 19.7 Å². The molecule has 2 N–H and O–H groups in total. The molecule has 0 aliphatic rings. The second kappa shape index (κ2) is 6.97. The lowest BCUT2D eigenvalue weighted by Gasteiger charge is -2.11. The number of alkyl halides is 3. The van der Waals surface area contributed by atoms with Crippen molar-refractivity contribution in [2.75, 3.05) is 7.11 Å². The number of hydrogen-bond acceptors (Lipinski definition) is 5. The van der Waals surface area contributed by atoms with Crippen LogP contribution in [0.4, 0.5) is 13.2 Å².